The third-order valence-corrected chi connectivity index (χ3v) is 3.81. The van der Waals surface area contributed by atoms with Crippen molar-refractivity contribution in [2.75, 3.05) is 19.0 Å². The van der Waals surface area contributed by atoms with Crippen molar-refractivity contribution in [2.45, 2.75) is 33.3 Å². The molecule has 0 saturated heterocycles. The highest BCUT2D eigenvalue weighted by molar-refractivity contribution is 6.02. The Morgan fingerprint density at radius 3 is 2.41 bits per heavy atom. The van der Waals surface area contributed by atoms with Gasteiger partial charge in [-0.3, -0.25) is 4.79 Å². The monoisotopic (exact) mass is 397 g/mol. The van der Waals surface area contributed by atoms with E-state index < -0.39 is 5.97 Å². The summed E-state index contributed by atoms with van der Waals surface area (Å²) in [6, 6.07) is 12.0. The van der Waals surface area contributed by atoms with Crippen LogP contribution in [0.1, 0.15) is 43.1 Å². The van der Waals surface area contributed by atoms with Gasteiger partial charge in [-0.05, 0) is 68.3 Å². The van der Waals surface area contributed by atoms with Crippen LogP contribution in [0.2, 0.25) is 0 Å². The lowest BCUT2D eigenvalue weighted by atomic mass is 10.2. The van der Waals surface area contributed by atoms with Gasteiger partial charge in [0.05, 0.1) is 25.4 Å². The standard InChI is InChI=1S/C23H27NO5/c1-5-14-28-20-12-6-17(15-21(20)27-4)7-13-22(25)24-19-10-8-18(9-11-19)23(26)29-16(2)3/h6-13,15-16H,5,14H2,1-4H3,(H,24,25)/b13-7+. The highest BCUT2D eigenvalue weighted by Gasteiger charge is 2.09. The number of ether oxygens (including phenoxy) is 3. The summed E-state index contributed by atoms with van der Waals surface area (Å²) in [5.41, 5.74) is 1.83. The molecule has 2 aromatic carbocycles. The average Bonchev–Trinajstić information content (AvgIpc) is 2.71. The lowest BCUT2D eigenvalue weighted by Crippen LogP contribution is -2.12. The molecule has 1 amide bonds. The number of carbonyl (C=O) groups excluding carboxylic acids is 2. The Morgan fingerprint density at radius 2 is 1.79 bits per heavy atom. The second kappa shape index (κ2) is 10.9. The van der Waals surface area contributed by atoms with Crippen molar-refractivity contribution in [3.63, 3.8) is 0 Å². The zero-order valence-corrected chi connectivity index (χ0v) is 17.2. The van der Waals surface area contributed by atoms with E-state index in [1.165, 1.54) is 6.08 Å². The van der Waals surface area contributed by atoms with Crippen LogP contribution in [0.15, 0.2) is 48.5 Å². The maximum atomic E-state index is 12.2. The van der Waals surface area contributed by atoms with E-state index in [0.29, 0.717) is 29.4 Å². The topological polar surface area (TPSA) is 73.9 Å². The molecule has 6 nitrogen and oxygen atoms in total. The molecule has 0 aliphatic carbocycles. The Balaban J connectivity index is 1.98. The molecule has 29 heavy (non-hydrogen) atoms. The van der Waals surface area contributed by atoms with Crippen LogP contribution in [0.25, 0.3) is 6.08 Å². The summed E-state index contributed by atoms with van der Waals surface area (Å²) in [7, 11) is 1.58. The fourth-order valence-corrected chi connectivity index (χ4v) is 2.45. The summed E-state index contributed by atoms with van der Waals surface area (Å²) in [6.07, 6.45) is 3.85. The molecular weight excluding hydrogens is 370 g/mol. The van der Waals surface area contributed by atoms with Gasteiger partial charge in [0.25, 0.3) is 0 Å². The molecule has 0 aliphatic heterocycles. The van der Waals surface area contributed by atoms with Gasteiger partial charge in [0.15, 0.2) is 11.5 Å². The third-order valence-electron chi connectivity index (χ3n) is 3.81. The molecule has 0 spiro atoms. The van der Waals surface area contributed by atoms with Crippen molar-refractivity contribution in [1.29, 1.82) is 0 Å². The van der Waals surface area contributed by atoms with E-state index in [2.05, 4.69) is 5.32 Å². The number of anilines is 1. The maximum Gasteiger partial charge on any atom is 0.338 e. The molecular formula is C23H27NO5. The fraction of sp³-hybridized carbons (Fsp3) is 0.304. The number of hydrogen-bond acceptors (Lipinski definition) is 5. The van der Waals surface area contributed by atoms with Crippen LogP contribution in [-0.4, -0.2) is 31.7 Å². The minimum Gasteiger partial charge on any atom is -0.493 e. The van der Waals surface area contributed by atoms with Crippen molar-refractivity contribution in [2.24, 2.45) is 0 Å². The minimum absolute atomic E-state index is 0.182. The molecule has 2 aromatic rings. The van der Waals surface area contributed by atoms with Gasteiger partial charge in [0, 0.05) is 11.8 Å². The van der Waals surface area contributed by atoms with E-state index in [1.54, 1.807) is 51.3 Å². The normalized spacial score (nSPS) is 10.8. The quantitative estimate of drug-likeness (QED) is 0.490. The molecule has 1 N–H and O–H groups in total. The Hall–Kier alpha value is -3.28. The lowest BCUT2D eigenvalue weighted by molar-refractivity contribution is -0.111. The summed E-state index contributed by atoms with van der Waals surface area (Å²) < 4.78 is 16.1. The van der Waals surface area contributed by atoms with Crippen molar-refractivity contribution >= 4 is 23.6 Å². The summed E-state index contributed by atoms with van der Waals surface area (Å²) in [4.78, 5) is 24.0. The number of methoxy groups -OCH3 is 1. The van der Waals surface area contributed by atoms with Crippen molar-refractivity contribution in [3.05, 3.63) is 59.7 Å². The molecule has 0 heterocycles. The minimum atomic E-state index is -0.391. The van der Waals surface area contributed by atoms with E-state index in [9.17, 15) is 9.59 Å². The van der Waals surface area contributed by atoms with Gasteiger partial charge in [-0.15, -0.1) is 0 Å². The van der Waals surface area contributed by atoms with Crippen molar-refractivity contribution in [1.82, 2.24) is 0 Å². The van der Waals surface area contributed by atoms with Crippen LogP contribution in [-0.2, 0) is 9.53 Å². The van der Waals surface area contributed by atoms with Gasteiger partial charge in [-0.25, -0.2) is 4.79 Å². The van der Waals surface area contributed by atoms with Crippen LogP contribution in [0, 0.1) is 0 Å². The fourth-order valence-electron chi connectivity index (χ4n) is 2.45. The first-order chi connectivity index (χ1) is 13.9. The summed E-state index contributed by atoms with van der Waals surface area (Å²) in [6.45, 7) is 6.23. The van der Waals surface area contributed by atoms with Gasteiger partial charge in [-0.2, -0.15) is 0 Å². The molecule has 0 aliphatic rings. The zero-order valence-electron chi connectivity index (χ0n) is 17.2. The maximum absolute atomic E-state index is 12.2. The molecule has 0 atom stereocenters. The number of amides is 1. The second-order valence-electron chi connectivity index (χ2n) is 6.61. The van der Waals surface area contributed by atoms with Gasteiger partial charge >= 0.3 is 5.97 Å². The van der Waals surface area contributed by atoms with E-state index in [1.807, 2.05) is 25.1 Å². The number of rotatable bonds is 9. The highest BCUT2D eigenvalue weighted by atomic mass is 16.5. The van der Waals surface area contributed by atoms with Crippen LogP contribution >= 0.6 is 0 Å². The van der Waals surface area contributed by atoms with Crippen LogP contribution in [0.5, 0.6) is 11.5 Å². The van der Waals surface area contributed by atoms with Gasteiger partial charge < -0.3 is 19.5 Å². The molecule has 0 unspecified atom stereocenters. The van der Waals surface area contributed by atoms with E-state index in [-0.39, 0.29) is 12.0 Å². The largest absolute Gasteiger partial charge is 0.493 e. The Labute approximate surface area is 171 Å². The average molecular weight is 397 g/mol. The number of hydrogen-bond donors (Lipinski definition) is 1. The summed E-state index contributed by atoms with van der Waals surface area (Å²) in [5.74, 6) is 0.614. The first kappa shape index (κ1) is 22.0. The van der Waals surface area contributed by atoms with Gasteiger partial charge in [0.2, 0.25) is 5.91 Å². The smallest absolute Gasteiger partial charge is 0.338 e. The molecule has 0 fully saturated rings. The highest BCUT2D eigenvalue weighted by Crippen LogP contribution is 2.28. The molecule has 0 radical (unpaired) electrons. The predicted molar refractivity (Wildman–Crippen MR) is 113 cm³/mol. The molecule has 0 bridgehead atoms. The first-order valence-electron chi connectivity index (χ1n) is 9.54. The number of benzene rings is 2. The van der Waals surface area contributed by atoms with Crippen LogP contribution in [0.4, 0.5) is 5.69 Å². The second-order valence-corrected chi connectivity index (χ2v) is 6.61. The molecule has 0 aromatic heterocycles. The summed E-state index contributed by atoms with van der Waals surface area (Å²) in [5, 5.41) is 2.75. The number of esters is 1. The van der Waals surface area contributed by atoms with Crippen molar-refractivity contribution in [3.8, 4) is 11.5 Å². The Kier molecular flexibility index (Phi) is 8.27. The molecule has 0 saturated carbocycles. The third kappa shape index (κ3) is 6.99. The van der Waals surface area contributed by atoms with E-state index in [0.717, 1.165) is 12.0 Å². The van der Waals surface area contributed by atoms with Gasteiger partial charge in [0.1, 0.15) is 0 Å². The van der Waals surface area contributed by atoms with Crippen molar-refractivity contribution < 1.29 is 23.8 Å². The first-order valence-corrected chi connectivity index (χ1v) is 9.54. The van der Waals surface area contributed by atoms with E-state index >= 15 is 0 Å². The SMILES string of the molecule is CCCOc1ccc(/C=C/C(=O)Nc2ccc(C(=O)OC(C)C)cc2)cc1OC. The van der Waals surface area contributed by atoms with Gasteiger partial charge in [-0.1, -0.05) is 13.0 Å². The van der Waals surface area contributed by atoms with Crippen LogP contribution in [0.3, 0.4) is 0 Å². The Morgan fingerprint density at radius 1 is 1.07 bits per heavy atom. The van der Waals surface area contributed by atoms with Crippen LogP contribution < -0.4 is 14.8 Å². The Bertz CT molecular complexity index is 856. The predicted octanol–water partition coefficient (Wildman–Crippen LogP) is 4.70. The number of nitrogens with one attached hydrogen (secondary N) is 1. The zero-order chi connectivity index (χ0) is 21.2. The number of carbonyl (C=O) groups is 2. The van der Waals surface area contributed by atoms with E-state index in [4.69, 9.17) is 14.2 Å². The summed E-state index contributed by atoms with van der Waals surface area (Å²) >= 11 is 0. The molecule has 2 rings (SSSR count). The lowest BCUT2D eigenvalue weighted by Gasteiger charge is -2.10. The molecule has 6 heteroatoms. The molecule has 154 valence electrons.